The van der Waals surface area contributed by atoms with Crippen molar-refractivity contribution >= 4 is 44.2 Å². The van der Waals surface area contributed by atoms with E-state index in [0.29, 0.717) is 14.7 Å². The van der Waals surface area contributed by atoms with Crippen LogP contribution >= 0.6 is 22.6 Å². The monoisotopic (exact) mass is 379 g/mol. The molecule has 18 heavy (non-hydrogen) atoms. The molecular formula is C11H10INO4S. The van der Waals surface area contributed by atoms with E-state index in [2.05, 4.69) is 0 Å². The predicted molar refractivity (Wildman–Crippen MR) is 74.2 cm³/mol. The van der Waals surface area contributed by atoms with Gasteiger partial charge in [0.2, 0.25) is 0 Å². The third kappa shape index (κ3) is 2.41. The summed E-state index contributed by atoms with van der Waals surface area (Å²) < 4.78 is 22.9. The standard InChI is InChI=1S/C11H10INO4S/c1-18(16,17)6-5-13-10(14)7-3-2-4-8(12)9(7)11(13)15/h2-4H,5-6H2,1H3. The molecule has 0 spiro atoms. The number of benzene rings is 1. The fraction of sp³-hybridized carbons (Fsp3) is 0.273. The van der Waals surface area contributed by atoms with Crippen LogP contribution < -0.4 is 0 Å². The van der Waals surface area contributed by atoms with Crippen LogP contribution in [0, 0.1) is 3.57 Å². The number of sulfone groups is 1. The Kier molecular flexibility index (Phi) is 3.45. The van der Waals surface area contributed by atoms with Crippen molar-refractivity contribution in [3.05, 3.63) is 32.9 Å². The molecule has 0 unspecified atom stereocenters. The molecule has 0 aliphatic carbocycles. The maximum absolute atomic E-state index is 12.1. The molecule has 0 fully saturated rings. The van der Waals surface area contributed by atoms with Crippen molar-refractivity contribution in [3.63, 3.8) is 0 Å². The van der Waals surface area contributed by atoms with Crippen LogP contribution in [-0.2, 0) is 9.84 Å². The third-order valence-corrected chi connectivity index (χ3v) is 4.46. The van der Waals surface area contributed by atoms with Crippen LogP contribution in [0.2, 0.25) is 0 Å². The summed E-state index contributed by atoms with van der Waals surface area (Å²) in [4.78, 5) is 25.0. The van der Waals surface area contributed by atoms with Crippen molar-refractivity contribution in [2.75, 3.05) is 18.6 Å². The average molecular weight is 379 g/mol. The van der Waals surface area contributed by atoms with Gasteiger partial charge in [-0.15, -0.1) is 0 Å². The minimum atomic E-state index is -3.20. The van der Waals surface area contributed by atoms with Crippen molar-refractivity contribution in [2.45, 2.75) is 0 Å². The molecule has 1 aromatic rings. The zero-order chi connectivity index (χ0) is 13.5. The second kappa shape index (κ2) is 4.61. The van der Waals surface area contributed by atoms with Gasteiger partial charge in [-0.2, -0.15) is 0 Å². The minimum absolute atomic E-state index is 0.0960. The maximum atomic E-state index is 12.1. The van der Waals surface area contributed by atoms with Crippen LogP contribution in [0.4, 0.5) is 0 Å². The van der Waals surface area contributed by atoms with E-state index in [4.69, 9.17) is 0 Å². The summed E-state index contributed by atoms with van der Waals surface area (Å²) in [5, 5.41) is 0. The number of rotatable bonds is 3. The Bertz CT molecular complexity index is 638. The highest BCUT2D eigenvalue weighted by atomic mass is 127. The van der Waals surface area contributed by atoms with E-state index in [1.165, 1.54) is 0 Å². The molecule has 1 heterocycles. The molecule has 0 saturated heterocycles. The zero-order valence-corrected chi connectivity index (χ0v) is 12.5. The highest BCUT2D eigenvalue weighted by Crippen LogP contribution is 2.26. The lowest BCUT2D eigenvalue weighted by Crippen LogP contribution is -2.34. The second-order valence-electron chi connectivity index (χ2n) is 4.05. The Hall–Kier alpha value is -0.960. The lowest BCUT2D eigenvalue weighted by molar-refractivity contribution is 0.0664. The van der Waals surface area contributed by atoms with Gasteiger partial charge in [0, 0.05) is 16.4 Å². The summed E-state index contributed by atoms with van der Waals surface area (Å²) in [5.74, 6) is -1.05. The third-order valence-electron chi connectivity index (χ3n) is 2.63. The molecule has 7 heteroatoms. The van der Waals surface area contributed by atoms with Gasteiger partial charge in [-0.3, -0.25) is 14.5 Å². The number of imide groups is 1. The summed E-state index contributed by atoms with van der Waals surface area (Å²) >= 11 is 1.99. The molecule has 0 bridgehead atoms. The van der Waals surface area contributed by atoms with Gasteiger partial charge in [0.05, 0.1) is 16.9 Å². The lowest BCUT2D eigenvalue weighted by atomic mass is 10.1. The first-order chi connectivity index (χ1) is 8.31. The molecule has 0 aromatic heterocycles. The average Bonchev–Trinajstić information content (AvgIpc) is 2.49. The van der Waals surface area contributed by atoms with E-state index in [1.807, 2.05) is 22.6 Å². The molecule has 0 saturated carbocycles. The quantitative estimate of drug-likeness (QED) is 0.579. The number of hydrogen-bond acceptors (Lipinski definition) is 4. The molecule has 2 amide bonds. The summed E-state index contributed by atoms with van der Waals surface area (Å²) in [6, 6.07) is 5.02. The van der Waals surface area contributed by atoms with Gasteiger partial charge in [0.15, 0.2) is 0 Å². The van der Waals surface area contributed by atoms with Crippen molar-refractivity contribution in [1.29, 1.82) is 0 Å². The van der Waals surface area contributed by atoms with Crippen LogP contribution in [0.3, 0.4) is 0 Å². The van der Waals surface area contributed by atoms with E-state index < -0.39 is 21.7 Å². The van der Waals surface area contributed by atoms with Crippen molar-refractivity contribution in [1.82, 2.24) is 4.90 Å². The van der Waals surface area contributed by atoms with E-state index in [1.54, 1.807) is 18.2 Å². The Morgan fingerprint density at radius 1 is 1.22 bits per heavy atom. The molecule has 0 atom stereocenters. The number of hydrogen-bond donors (Lipinski definition) is 0. The molecule has 96 valence electrons. The Morgan fingerprint density at radius 3 is 2.44 bits per heavy atom. The van der Waals surface area contributed by atoms with Gasteiger partial charge in [-0.05, 0) is 34.7 Å². The predicted octanol–water partition coefficient (Wildman–Crippen LogP) is 0.932. The van der Waals surface area contributed by atoms with Gasteiger partial charge in [0.25, 0.3) is 11.8 Å². The van der Waals surface area contributed by atoms with E-state index in [-0.39, 0.29) is 12.3 Å². The van der Waals surface area contributed by atoms with Gasteiger partial charge in [-0.1, -0.05) is 6.07 Å². The number of carbonyl (C=O) groups excluding carboxylic acids is 2. The van der Waals surface area contributed by atoms with Gasteiger partial charge in [0.1, 0.15) is 9.84 Å². The fourth-order valence-corrected chi connectivity index (χ4v) is 3.00. The van der Waals surface area contributed by atoms with Gasteiger partial charge >= 0.3 is 0 Å². The molecular weight excluding hydrogens is 369 g/mol. The topological polar surface area (TPSA) is 71.5 Å². The van der Waals surface area contributed by atoms with Crippen LogP contribution in [0.15, 0.2) is 18.2 Å². The van der Waals surface area contributed by atoms with E-state index in [0.717, 1.165) is 11.2 Å². The highest BCUT2D eigenvalue weighted by molar-refractivity contribution is 14.1. The molecule has 1 aromatic carbocycles. The van der Waals surface area contributed by atoms with Crippen molar-refractivity contribution in [3.8, 4) is 0 Å². The molecule has 1 aliphatic rings. The van der Waals surface area contributed by atoms with Crippen molar-refractivity contribution in [2.24, 2.45) is 0 Å². The summed E-state index contributed by atoms with van der Waals surface area (Å²) in [5.41, 5.74) is 0.719. The number of nitrogens with zero attached hydrogens (tertiary/aromatic N) is 1. The first-order valence-electron chi connectivity index (χ1n) is 5.13. The summed E-state index contributed by atoms with van der Waals surface area (Å²) in [7, 11) is -3.20. The van der Waals surface area contributed by atoms with Crippen molar-refractivity contribution < 1.29 is 18.0 Å². The lowest BCUT2D eigenvalue weighted by Gasteiger charge is -2.12. The molecule has 2 rings (SSSR count). The molecule has 1 aliphatic heterocycles. The largest absolute Gasteiger partial charge is 0.273 e. The smallest absolute Gasteiger partial charge is 0.262 e. The van der Waals surface area contributed by atoms with Crippen LogP contribution in [0.1, 0.15) is 20.7 Å². The zero-order valence-electron chi connectivity index (χ0n) is 9.51. The van der Waals surface area contributed by atoms with Gasteiger partial charge < -0.3 is 0 Å². The number of fused-ring (bicyclic) bond motifs is 1. The second-order valence-corrected chi connectivity index (χ2v) is 7.48. The Balaban J connectivity index is 2.32. The first-order valence-corrected chi connectivity index (χ1v) is 8.27. The number of amides is 2. The van der Waals surface area contributed by atoms with E-state index >= 15 is 0 Å². The summed E-state index contributed by atoms with van der Waals surface area (Å²) in [6.07, 6.45) is 1.08. The van der Waals surface area contributed by atoms with Crippen LogP contribution in [0.5, 0.6) is 0 Å². The molecule has 0 N–H and O–H groups in total. The van der Waals surface area contributed by atoms with E-state index in [9.17, 15) is 18.0 Å². The SMILES string of the molecule is CS(=O)(=O)CCN1C(=O)c2cccc(I)c2C1=O. The van der Waals surface area contributed by atoms with Crippen LogP contribution in [-0.4, -0.2) is 43.7 Å². The highest BCUT2D eigenvalue weighted by Gasteiger charge is 2.36. The number of halogens is 1. The normalized spacial score (nSPS) is 15.1. The Morgan fingerprint density at radius 2 is 1.89 bits per heavy atom. The minimum Gasteiger partial charge on any atom is -0.273 e. The first kappa shape index (κ1) is 13.5. The van der Waals surface area contributed by atoms with Crippen LogP contribution in [0.25, 0.3) is 0 Å². The number of carbonyl (C=O) groups is 2. The van der Waals surface area contributed by atoms with Gasteiger partial charge in [-0.25, -0.2) is 8.42 Å². The Labute approximate surface area is 118 Å². The molecule has 5 nitrogen and oxygen atoms in total. The maximum Gasteiger partial charge on any atom is 0.262 e. The fourth-order valence-electron chi connectivity index (χ4n) is 1.75. The molecule has 0 radical (unpaired) electrons. The summed E-state index contributed by atoms with van der Waals surface area (Å²) in [6.45, 7) is -0.0960.